The van der Waals surface area contributed by atoms with Crippen molar-refractivity contribution >= 4 is 0 Å². The van der Waals surface area contributed by atoms with Crippen molar-refractivity contribution in [1.82, 2.24) is 20.1 Å². The van der Waals surface area contributed by atoms with Gasteiger partial charge in [0.05, 0.1) is 24.4 Å². The fourth-order valence-corrected chi connectivity index (χ4v) is 2.42. The predicted octanol–water partition coefficient (Wildman–Crippen LogP) is 1.93. The zero-order valence-electron chi connectivity index (χ0n) is 12.9. The Bertz CT molecular complexity index is 539. The number of aliphatic hydroxyl groups excluding tert-OH is 1. The molecule has 0 amide bonds. The quantitative estimate of drug-likeness (QED) is 0.817. The number of aryl methyl sites for hydroxylation is 1. The van der Waals surface area contributed by atoms with Crippen molar-refractivity contribution in [3.8, 4) is 0 Å². The van der Waals surface area contributed by atoms with Gasteiger partial charge in [0, 0.05) is 25.1 Å². The van der Waals surface area contributed by atoms with Crippen LogP contribution in [0.1, 0.15) is 31.1 Å². The third-order valence-electron chi connectivity index (χ3n) is 3.54. The van der Waals surface area contributed by atoms with Gasteiger partial charge in [0.2, 0.25) is 0 Å². The first kappa shape index (κ1) is 15.7. The molecule has 0 unspecified atom stereocenters. The molecule has 0 saturated heterocycles. The normalized spacial score (nSPS) is 14.3. The van der Waals surface area contributed by atoms with E-state index in [-0.39, 0.29) is 6.04 Å². The number of hydrogen-bond acceptors (Lipinski definition) is 4. The Morgan fingerprint density at radius 3 is 2.71 bits per heavy atom. The summed E-state index contributed by atoms with van der Waals surface area (Å²) in [6.07, 6.45) is 4.91. The average Bonchev–Trinajstić information content (AvgIpc) is 2.93. The van der Waals surface area contributed by atoms with E-state index in [4.69, 9.17) is 0 Å². The second kappa shape index (κ2) is 7.33. The van der Waals surface area contributed by atoms with Crippen LogP contribution in [0.15, 0.2) is 36.8 Å². The number of rotatable bonds is 7. The summed E-state index contributed by atoms with van der Waals surface area (Å²) in [5, 5.41) is 17.7. The topological polar surface area (TPSA) is 63.0 Å². The van der Waals surface area contributed by atoms with Crippen LogP contribution < -0.4 is 5.32 Å². The van der Waals surface area contributed by atoms with E-state index in [9.17, 15) is 5.11 Å². The number of pyridine rings is 1. The lowest BCUT2D eigenvalue weighted by molar-refractivity contribution is 0.139. The van der Waals surface area contributed by atoms with Crippen LogP contribution >= 0.6 is 0 Å². The van der Waals surface area contributed by atoms with E-state index >= 15 is 0 Å². The molecule has 2 atom stereocenters. The smallest absolute Gasteiger partial charge is 0.0860 e. The summed E-state index contributed by atoms with van der Waals surface area (Å²) in [5.74, 6) is 0.399. The van der Waals surface area contributed by atoms with Crippen molar-refractivity contribution < 1.29 is 5.11 Å². The average molecular weight is 288 g/mol. The third-order valence-corrected chi connectivity index (χ3v) is 3.54. The van der Waals surface area contributed by atoms with Crippen LogP contribution in [0.3, 0.4) is 0 Å². The molecule has 0 radical (unpaired) electrons. The molecule has 114 valence electrons. The summed E-state index contributed by atoms with van der Waals surface area (Å²) in [7, 11) is 0. The molecule has 21 heavy (non-hydrogen) atoms. The van der Waals surface area contributed by atoms with E-state index < -0.39 is 6.10 Å². The molecule has 5 heteroatoms. The Morgan fingerprint density at radius 1 is 1.29 bits per heavy atom. The highest BCUT2D eigenvalue weighted by Crippen LogP contribution is 2.22. The summed E-state index contributed by atoms with van der Waals surface area (Å²) >= 11 is 0. The van der Waals surface area contributed by atoms with Crippen LogP contribution in [0.5, 0.6) is 0 Å². The summed E-state index contributed by atoms with van der Waals surface area (Å²) in [6.45, 7) is 7.39. The highest BCUT2D eigenvalue weighted by molar-refractivity contribution is 5.21. The number of hydrogen-bond donors (Lipinski definition) is 2. The summed E-state index contributed by atoms with van der Waals surface area (Å²) < 4.78 is 1.74. The van der Waals surface area contributed by atoms with Crippen molar-refractivity contribution in [2.45, 2.75) is 39.5 Å². The highest BCUT2D eigenvalue weighted by atomic mass is 16.3. The van der Waals surface area contributed by atoms with Gasteiger partial charge in [0.1, 0.15) is 0 Å². The molecule has 0 saturated carbocycles. The minimum absolute atomic E-state index is 0.137. The zero-order valence-corrected chi connectivity index (χ0v) is 12.9. The van der Waals surface area contributed by atoms with Crippen LogP contribution in [-0.2, 0) is 6.54 Å². The number of aliphatic hydroxyl groups is 1. The molecule has 0 bridgehead atoms. The molecule has 2 N–H and O–H groups in total. The van der Waals surface area contributed by atoms with Crippen molar-refractivity contribution in [2.24, 2.45) is 5.92 Å². The zero-order chi connectivity index (χ0) is 15.2. The molecule has 2 rings (SSSR count). The second-order valence-electron chi connectivity index (χ2n) is 5.72. The fourth-order valence-electron chi connectivity index (χ4n) is 2.42. The standard InChI is InChI=1S/C16H24N4O/c1-12(2)15(16-13(3)6-4-7-17-16)18-10-14(21)11-20-9-5-8-19-20/h4-9,12,14-15,18,21H,10-11H2,1-3H3/t14-,15+/m1/s1. The fraction of sp³-hybridized carbons (Fsp3) is 0.500. The lowest BCUT2D eigenvalue weighted by Gasteiger charge is -2.25. The Kier molecular flexibility index (Phi) is 5.47. The summed E-state index contributed by atoms with van der Waals surface area (Å²) in [6, 6.07) is 6.01. The van der Waals surface area contributed by atoms with Gasteiger partial charge in [-0.25, -0.2) is 0 Å². The van der Waals surface area contributed by atoms with Gasteiger partial charge in [-0.3, -0.25) is 9.67 Å². The van der Waals surface area contributed by atoms with Gasteiger partial charge in [-0.2, -0.15) is 5.10 Å². The van der Waals surface area contributed by atoms with E-state index in [1.165, 1.54) is 5.56 Å². The van der Waals surface area contributed by atoms with Gasteiger partial charge < -0.3 is 10.4 Å². The molecule has 0 aliphatic heterocycles. The molecule has 2 aromatic heterocycles. The van der Waals surface area contributed by atoms with Gasteiger partial charge in [-0.15, -0.1) is 0 Å². The van der Waals surface area contributed by atoms with Crippen LogP contribution in [-0.4, -0.2) is 32.5 Å². The Morgan fingerprint density at radius 2 is 2.10 bits per heavy atom. The van der Waals surface area contributed by atoms with E-state index in [1.54, 1.807) is 10.9 Å². The Hall–Kier alpha value is -1.72. The van der Waals surface area contributed by atoms with E-state index in [0.717, 1.165) is 5.69 Å². The van der Waals surface area contributed by atoms with Crippen molar-refractivity contribution in [3.63, 3.8) is 0 Å². The van der Waals surface area contributed by atoms with E-state index in [2.05, 4.69) is 42.2 Å². The summed E-state index contributed by atoms with van der Waals surface area (Å²) in [4.78, 5) is 4.49. The maximum absolute atomic E-state index is 10.1. The first-order valence-corrected chi connectivity index (χ1v) is 7.38. The minimum atomic E-state index is -0.477. The number of nitrogens with zero attached hydrogens (tertiary/aromatic N) is 3. The van der Waals surface area contributed by atoms with E-state index in [0.29, 0.717) is 19.0 Å². The first-order chi connectivity index (χ1) is 10.1. The third kappa shape index (κ3) is 4.37. The monoisotopic (exact) mass is 288 g/mol. The van der Waals surface area contributed by atoms with Crippen LogP contribution in [0.4, 0.5) is 0 Å². The van der Waals surface area contributed by atoms with Crippen LogP contribution in [0, 0.1) is 12.8 Å². The second-order valence-corrected chi connectivity index (χ2v) is 5.72. The van der Waals surface area contributed by atoms with Gasteiger partial charge in [-0.05, 0) is 30.5 Å². The number of aromatic nitrogens is 3. The predicted molar refractivity (Wildman–Crippen MR) is 82.8 cm³/mol. The maximum Gasteiger partial charge on any atom is 0.0860 e. The van der Waals surface area contributed by atoms with Crippen molar-refractivity contribution in [1.29, 1.82) is 0 Å². The van der Waals surface area contributed by atoms with Gasteiger partial charge >= 0.3 is 0 Å². The molecule has 2 heterocycles. The van der Waals surface area contributed by atoms with Gasteiger partial charge in [0.25, 0.3) is 0 Å². The van der Waals surface area contributed by atoms with Gasteiger partial charge in [-0.1, -0.05) is 19.9 Å². The molecule has 0 spiro atoms. The highest BCUT2D eigenvalue weighted by Gasteiger charge is 2.19. The lowest BCUT2D eigenvalue weighted by atomic mass is 9.97. The number of nitrogens with one attached hydrogen (secondary N) is 1. The van der Waals surface area contributed by atoms with Crippen LogP contribution in [0.2, 0.25) is 0 Å². The van der Waals surface area contributed by atoms with Crippen molar-refractivity contribution in [2.75, 3.05) is 6.54 Å². The summed E-state index contributed by atoms with van der Waals surface area (Å²) in [5.41, 5.74) is 2.23. The van der Waals surface area contributed by atoms with E-state index in [1.807, 2.05) is 24.5 Å². The van der Waals surface area contributed by atoms with Crippen molar-refractivity contribution in [3.05, 3.63) is 48.0 Å². The maximum atomic E-state index is 10.1. The minimum Gasteiger partial charge on any atom is -0.390 e. The first-order valence-electron chi connectivity index (χ1n) is 7.38. The lowest BCUT2D eigenvalue weighted by Crippen LogP contribution is -2.35. The molecule has 0 aliphatic rings. The molecule has 0 aliphatic carbocycles. The van der Waals surface area contributed by atoms with Gasteiger partial charge in [0.15, 0.2) is 0 Å². The largest absolute Gasteiger partial charge is 0.390 e. The molecule has 5 nitrogen and oxygen atoms in total. The molecule has 0 aromatic carbocycles. The molecular formula is C16H24N4O. The molecule has 0 fully saturated rings. The Balaban J connectivity index is 1.96. The Labute approximate surface area is 126 Å². The molecule has 2 aromatic rings. The molecular weight excluding hydrogens is 264 g/mol. The SMILES string of the molecule is Cc1cccnc1[C@@H](NC[C@@H](O)Cn1cccn1)C(C)C. The van der Waals surface area contributed by atoms with Crippen LogP contribution in [0.25, 0.3) is 0 Å².